The van der Waals surface area contributed by atoms with Gasteiger partial charge in [0.05, 0.1) is 33.9 Å². The van der Waals surface area contributed by atoms with E-state index in [-0.39, 0.29) is 12.4 Å². The molecule has 8 nitrogen and oxygen atoms in total. The molecule has 2 aliphatic rings. The summed E-state index contributed by atoms with van der Waals surface area (Å²) in [6.07, 6.45) is 23.4. The van der Waals surface area contributed by atoms with E-state index in [9.17, 15) is 0 Å². The van der Waals surface area contributed by atoms with Gasteiger partial charge in [-0.25, -0.2) is 28.2 Å². The molecular formula is C60H47ClN8+4. The van der Waals surface area contributed by atoms with Gasteiger partial charge in [0, 0.05) is 86.8 Å². The SMILES string of the molecule is C[n+]1ccc(-c2c3nc(c(-c4cc[n+](C)cc4)c4ccc([nH]4)c(-c4ccc[n+](C)c4-c4ccc5ccc6cccc7ccc4c5c67)c4nc(c(-c5cc[n+](C)cc5)c5ccc2[nH]5)C=C4)C=C3)cc1.Cl. The van der Waals surface area contributed by atoms with Crippen LogP contribution in [-0.2, 0) is 28.2 Å². The standard InChI is InChI=1S/C60H45N8.ClH/c1-65-31-24-40(25-32-65)56-46-16-18-48(61-46)57(41-26-33-66(2)34-27-41)50-20-22-52(63-50)59(53-23-21-51(64-53)58(49-19-17-47(56)62-49)42-28-35-67(3)36-29-42)45-9-6-30-68(4)60(45)44-15-13-39-11-10-37-7-5-8-38-12-14-43(44)55(39)54(37)38;/h5-36H,1-4H3,(H,61,62,63,64);1H/q+3;/p+1. The Morgan fingerprint density at radius 3 is 1.25 bits per heavy atom. The van der Waals surface area contributed by atoms with Crippen molar-refractivity contribution in [2.45, 2.75) is 0 Å². The molecule has 0 radical (unpaired) electrons. The number of benzene rings is 4. The number of rotatable bonds is 5. The van der Waals surface area contributed by atoms with Gasteiger partial charge in [-0.3, -0.25) is 0 Å². The Bertz CT molecular complexity index is 4050. The van der Waals surface area contributed by atoms with E-state index in [2.05, 4.69) is 230 Å². The first kappa shape index (κ1) is 41.8. The maximum absolute atomic E-state index is 5.66. The number of pyridine rings is 4. The van der Waals surface area contributed by atoms with Crippen molar-refractivity contribution in [3.63, 3.8) is 0 Å². The van der Waals surface area contributed by atoms with Gasteiger partial charge in [0.15, 0.2) is 43.4 Å². The first-order valence-electron chi connectivity index (χ1n) is 23.0. The number of halogens is 1. The van der Waals surface area contributed by atoms with Crippen LogP contribution in [0.2, 0.25) is 0 Å². The van der Waals surface area contributed by atoms with Crippen LogP contribution in [-0.4, -0.2) is 19.9 Å². The smallest absolute Gasteiger partial charge is 0.220 e. The highest BCUT2D eigenvalue weighted by Crippen LogP contribution is 2.43. The molecule has 2 aliphatic heterocycles. The van der Waals surface area contributed by atoms with Gasteiger partial charge < -0.3 is 9.97 Å². The van der Waals surface area contributed by atoms with Crippen molar-refractivity contribution in [3.05, 3.63) is 194 Å². The van der Waals surface area contributed by atoms with E-state index >= 15 is 0 Å². The first-order valence-corrected chi connectivity index (χ1v) is 23.0. The van der Waals surface area contributed by atoms with E-state index in [1.54, 1.807) is 0 Å². The zero-order valence-electron chi connectivity index (χ0n) is 38.6. The van der Waals surface area contributed by atoms with Gasteiger partial charge in [0.1, 0.15) is 28.2 Å². The van der Waals surface area contributed by atoms with Crippen molar-refractivity contribution in [2.24, 2.45) is 28.2 Å². The fourth-order valence-corrected chi connectivity index (χ4v) is 10.5. The van der Waals surface area contributed by atoms with E-state index in [1.165, 1.54) is 32.3 Å². The van der Waals surface area contributed by atoms with Gasteiger partial charge in [-0.2, -0.15) is 0 Å². The molecule has 330 valence electrons. The molecule has 0 fully saturated rings. The monoisotopic (exact) mass is 914 g/mol. The molecule has 0 amide bonds. The summed E-state index contributed by atoms with van der Waals surface area (Å²) in [4.78, 5) is 19.1. The van der Waals surface area contributed by atoms with Gasteiger partial charge in [-0.05, 0) is 110 Å². The normalized spacial score (nSPS) is 12.1. The van der Waals surface area contributed by atoms with Crippen LogP contribution in [0.3, 0.4) is 0 Å². The van der Waals surface area contributed by atoms with E-state index in [1.807, 2.05) is 21.1 Å². The number of aromatic amines is 2. The Kier molecular flexibility index (Phi) is 9.90. The third-order valence-corrected chi connectivity index (χ3v) is 13.8. The minimum absolute atomic E-state index is 0. The average Bonchev–Trinajstić information content (AvgIpc) is 4.21. The molecule has 0 aliphatic carbocycles. The summed E-state index contributed by atoms with van der Waals surface area (Å²) in [5, 5.41) is 7.53. The topological polar surface area (TPSA) is 72.9 Å². The van der Waals surface area contributed by atoms with Crippen LogP contribution in [0.25, 0.3) is 134 Å². The molecule has 7 aromatic heterocycles. The fourth-order valence-electron chi connectivity index (χ4n) is 10.5. The summed E-state index contributed by atoms with van der Waals surface area (Å²) in [5.41, 5.74) is 17.9. The van der Waals surface area contributed by atoms with E-state index in [0.29, 0.717) is 0 Å². The second kappa shape index (κ2) is 16.3. The van der Waals surface area contributed by atoms with Crippen LogP contribution < -0.4 is 18.3 Å². The molecule has 0 atom stereocenters. The second-order valence-electron chi connectivity index (χ2n) is 18.1. The number of aryl methyl sites for hydroxylation is 4. The number of hydrogen-bond donors (Lipinski definition) is 2. The second-order valence-corrected chi connectivity index (χ2v) is 18.1. The molecule has 9 heteroatoms. The lowest BCUT2D eigenvalue weighted by atomic mass is 9.89. The minimum atomic E-state index is 0. The number of hydrogen-bond acceptors (Lipinski definition) is 2. The van der Waals surface area contributed by atoms with E-state index in [0.717, 1.165) is 101 Å². The number of H-pyrrole nitrogens is 2. The van der Waals surface area contributed by atoms with Gasteiger partial charge in [-0.1, -0.05) is 48.5 Å². The number of nitrogens with one attached hydrogen (secondary N) is 2. The lowest BCUT2D eigenvalue weighted by Crippen LogP contribution is -2.31. The highest BCUT2D eigenvalue weighted by atomic mass is 35.5. The molecule has 13 rings (SSSR count). The molecular weight excluding hydrogens is 868 g/mol. The maximum Gasteiger partial charge on any atom is 0.220 e. The highest BCUT2D eigenvalue weighted by Gasteiger charge is 2.26. The number of nitrogens with zero attached hydrogens (tertiary/aromatic N) is 6. The summed E-state index contributed by atoms with van der Waals surface area (Å²) >= 11 is 0. The Hall–Kier alpha value is -8.59. The van der Waals surface area contributed by atoms with E-state index in [4.69, 9.17) is 9.97 Å². The molecule has 11 aromatic rings. The van der Waals surface area contributed by atoms with Crippen LogP contribution >= 0.6 is 12.4 Å². The molecule has 0 saturated heterocycles. The number of fused-ring (bicyclic) bond motifs is 8. The summed E-state index contributed by atoms with van der Waals surface area (Å²) in [6.45, 7) is 0. The largest absolute Gasteiger partial charge is 0.354 e. The van der Waals surface area contributed by atoms with Crippen LogP contribution in [0, 0.1) is 0 Å². The molecule has 4 aromatic carbocycles. The lowest BCUT2D eigenvalue weighted by Gasteiger charge is -2.15. The summed E-state index contributed by atoms with van der Waals surface area (Å²) in [5.74, 6) is 0. The summed E-state index contributed by atoms with van der Waals surface area (Å²) in [7, 11) is 8.29. The minimum Gasteiger partial charge on any atom is -0.354 e. The molecule has 9 heterocycles. The Balaban J connectivity index is 0.00000492. The van der Waals surface area contributed by atoms with E-state index < -0.39 is 0 Å². The van der Waals surface area contributed by atoms with Crippen LogP contribution in [0.5, 0.6) is 0 Å². The third-order valence-electron chi connectivity index (χ3n) is 13.8. The highest BCUT2D eigenvalue weighted by molar-refractivity contribution is 6.25. The van der Waals surface area contributed by atoms with Crippen molar-refractivity contribution in [1.82, 2.24) is 19.9 Å². The zero-order chi connectivity index (χ0) is 45.6. The van der Waals surface area contributed by atoms with Crippen molar-refractivity contribution < 1.29 is 18.3 Å². The lowest BCUT2D eigenvalue weighted by molar-refractivity contribution is -0.671. The van der Waals surface area contributed by atoms with Crippen molar-refractivity contribution >= 4 is 91.1 Å². The molecule has 0 unspecified atom stereocenters. The predicted octanol–water partition coefficient (Wildman–Crippen LogP) is 11.6. The molecule has 0 saturated carbocycles. The third kappa shape index (κ3) is 6.90. The van der Waals surface area contributed by atoms with Crippen molar-refractivity contribution in [1.29, 1.82) is 0 Å². The zero-order valence-corrected chi connectivity index (χ0v) is 39.4. The van der Waals surface area contributed by atoms with Gasteiger partial charge in [0.25, 0.3) is 0 Å². The summed E-state index contributed by atoms with van der Waals surface area (Å²) in [6, 6.07) is 46.4. The quantitative estimate of drug-likeness (QED) is 0.133. The molecule has 2 N–H and O–H groups in total. The van der Waals surface area contributed by atoms with Gasteiger partial charge >= 0.3 is 0 Å². The summed E-state index contributed by atoms with van der Waals surface area (Å²) < 4.78 is 8.45. The molecule has 8 bridgehead atoms. The van der Waals surface area contributed by atoms with Crippen molar-refractivity contribution in [3.8, 4) is 55.8 Å². The Morgan fingerprint density at radius 2 is 0.768 bits per heavy atom. The Labute approximate surface area is 404 Å². The Morgan fingerprint density at radius 1 is 0.362 bits per heavy atom. The van der Waals surface area contributed by atoms with Crippen molar-refractivity contribution in [2.75, 3.05) is 0 Å². The first-order chi connectivity index (χ1) is 33.3. The average molecular weight is 916 g/mol. The van der Waals surface area contributed by atoms with Gasteiger partial charge in [-0.15, -0.1) is 12.4 Å². The van der Waals surface area contributed by atoms with Gasteiger partial charge in [0.2, 0.25) is 5.69 Å². The predicted molar refractivity (Wildman–Crippen MR) is 282 cm³/mol. The van der Waals surface area contributed by atoms with Crippen LogP contribution in [0.1, 0.15) is 22.8 Å². The molecule has 0 spiro atoms. The maximum atomic E-state index is 5.66. The fraction of sp³-hybridized carbons (Fsp3) is 0.0667. The van der Waals surface area contributed by atoms with Crippen LogP contribution in [0.15, 0.2) is 171 Å². The number of aromatic nitrogens is 8. The molecule has 69 heavy (non-hydrogen) atoms. The van der Waals surface area contributed by atoms with Crippen LogP contribution in [0.4, 0.5) is 0 Å².